The number of nitrogens with one attached hydrogen (secondary N) is 1. The van der Waals surface area contributed by atoms with Crippen LogP contribution < -0.4 is 10.1 Å². The number of hydrogen-bond donors (Lipinski definition) is 1. The van der Waals surface area contributed by atoms with Crippen LogP contribution in [0.3, 0.4) is 0 Å². The highest BCUT2D eigenvalue weighted by Gasteiger charge is 2.13. The molecule has 3 nitrogen and oxygen atoms in total. The number of rotatable bonds is 5. The summed E-state index contributed by atoms with van der Waals surface area (Å²) in [6.07, 6.45) is 1.08. The number of piperazine rings is 1. The van der Waals surface area contributed by atoms with Gasteiger partial charge in [-0.1, -0.05) is 19.1 Å². The molecule has 2 rings (SSSR count). The quantitative estimate of drug-likeness (QED) is 0.863. The molecule has 3 heteroatoms. The maximum atomic E-state index is 5.74. The predicted molar refractivity (Wildman–Crippen MR) is 75.1 cm³/mol. The smallest absolute Gasteiger partial charge is 0.123 e. The second-order valence-corrected chi connectivity index (χ2v) is 4.75. The van der Waals surface area contributed by atoms with Gasteiger partial charge in [-0.3, -0.25) is 4.90 Å². The van der Waals surface area contributed by atoms with Gasteiger partial charge in [0.25, 0.3) is 0 Å². The van der Waals surface area contributed by atoms with Crippen molar-refractivity contribution in [2.75, 3.05) is 32.8 Å². The van der Waals surface area contributed by atoms with Gasteiger partial charge in [-0.15, -0.1) is 0 Å². The maximum absolute atomic E-state index is 5.74. The molecule has 0 spiro atoms. The van der Waals surface area contributed by atoms with Gasteiger partial charge in [-0.2, -0.15) is 0 Å². The predicted octanol–water partition coefficient (Wildman–Crippen LogP) is 2.05. The van der Waals surface area contributed by atoms with E-state index in [2.05, 4.69) is 35.3 Å². The van der Waals surface area contributed by atoms with Crippen molar-refractivity contribution in [3.05, 3.63) is 29.3 Å². The molecule has 1 aliphatic heterocycles. The molecule has 1 N–H and O–H groups in total. The highest BCUT2D eigenvalue weighted by atomic mass is 16.5. The lowest BCUT2D eigenvalue weighted by atomic mass is 10.1. The Morgan fingerprint density at radius 3 is 2.67 bits per heavy atom. The minimum absolute atomic E-state index is 0.736. The molecule has 0 aromatic heterocycles. The number of aryl methyl sites for hydroxylation is 1. The van der Waals surface area contributed by atoms with E-state index >= 15 is 0 Å². The Bertz CT molecular complexity index is 373. The minimum Gasteiger partial charge on any atom is -0.494 e. The van der Waals surface area contributed by atoms with Crippen LogP contribution in [0, 0.1) is 0 Å². The Morgan fingerprint density at radius 1 is 1.22 bits per heavy atom. The van der Waals surface area contributed by atoms with E-state index in [-0.39, 0.29) is 0 Å². The lowest BCUT2D eigenvalue weighted by Crippen LogP contribution is -2.42. The van der Waals surface area contributed by atoms with Crippen LogP contribution in [0.1, 0.15) is 25.0 Å². The normalized spacial score (nSPS) is 16.8. The second kappa shape index (κ2) is 6.76. The fraction of sp³-hybridized carbons (Fsp3) is 0.600. The van der Waals surface area contributed by atoms with Gasteiger partial charge in [0.15, 0.2) is 0 Å². The molecule has 0 unspecified atom stereocenters. The van der Waals surface area contributed by atoms with Crippen LogP contribution in [0.15, 0.2) is 18.2 Å². The topological polar surface area (TPSA) is 24.5 Å². The zero-order valence-corrected chi connectivity index (χ0v) is 11.5. The summed E-state index contributed by atoms with van der Waals surface area (Å²) < 4.78 is 5.74. The zero-order chi connectivity index (χ0) is 12.8. The molecule has 1 heterocycles. The SMILES string of the molecule is CCOc1ccc(CC)cc1CN1CCNCC1. The average Bonchev–Trinajstić information content (AvgIpc) is 2.42. The van der Waals surface area contributed by atoms with Gasteiger partial charge >= 0.3 is 0 Å². The molecule has 1 aromatic carbocycles. The van der Waals surface area contributed by atoms with Gasteiger partial charge < -0.3 is 10.1 Å². The summed E-state index contributed by atoms with van der Waals surface area (Å²) in [5, 5.41) is 3.39. The third kappa shape index (κ3) is 3.47. The molecule has 0 atom stereocenters. The van der Waals surface area contributed by atoms with Gasteiger partial charge in [0.05, 0.1) is 6.61 Å². The lowest BCUT2D eigenvalue weighted by molar-refractivity contribution is 0.228. The van der Waals surface area contributed by atoms with Crippen LogP contribution >= 0.6 is 0 Å². The van der Waals surface area contributed by atoms with Gasteiger partial charge in [0.1, 0.15) is 5.75 Å². The van der Waals surface area contributed by atoms with Crippen molar-refractivity contribution >= 4 is 0 Å². The van der Waals surface area contributed by atoms with E-state index < -0.39 is 0 Å². The zero-order valence-electron chi connectivity index (χ0n) is 11.5. The fourth-order valence-electron chi connectivity index (χ4n) is 2.38. The summed E-state index contributed by atoms with van der Waals surface area (Å²) in [4.78, 5) is 2.49. The summed E-state index contributed by atoms with van der Waals surface area (Å²) in [7, 11) is 0. The molecule has 1 aliphatic rings. The van der Waals surface area contributed by atoms with Crippen molar-refractivity contribution in [1.82, 2.24) is 10.2 Å². The first-order chi connectivity index (χ1) is 8.83. The standard InChI is InChI=1S/C15H24N2O/c1-3-13-5-6-15(18-4-2)14(11-13)12-17-9-7-16-8-10-17/h5-6,11,16H,3-4,7-10,12H2,1-2H3. The van der Waals surface area contributed by atoms with Crippen LogP contribution in [0.4, 0.5) is 0 Å². The molecular weight excluding hydrogens is 224 g/mol. The highest BCUT2D eigenvalue weighted by Crippen LogP contribution is 2.22. The molecule has 1 aromatic rings. The van der Waals surface area contributed by atoms with Crippen LogP contribution in [-0.2, 0) is 13.0 Å². The fourth-order valence-corrected chi connectivity index (χ4v) is 2.38. The Kier molecular flexibility index (Phi) is 5.02. The second-order valence-electron chi connectivity index (χ2n) is 4.75. The molecule has 18 heavy (non-hydrogen) atoms. The van der Waals surface area contributed by atoms with Gasteiger partial charge in [-0.25, -0.2) is 0 Å². The molecule has 0 saturated carbocycles. The minimum atomic E-state index is 0.736. The van der Waals surface area contributed by atoms with Crippen LogP contribution in [-0.4, -0.2) is 37.7 Å². The number of benzene rings is 1. The summed E-state index contributed by atoms with van der Waals surface area (Å²) in [5.74, 6) is 1.05. The Hall–Kier alpha value is -1.06. The van der Waals surface area contributed by atoms with E-state index in [1.54, 1.807) is 0 Å². The molecule has 0 bridgehead atoms. The van der Waals surface area contributed by atoms with Crippen LogP contribution in [0.2, 0.25) is 0 Å². The summed E-state index contributed by atoms with van der Waals surface area (Å²) in [6, 6.07) is 6.60. The number of hydrogen-bond acceptors (Lipinski definition) is 3. The number of nitrogens with zero attached hydrogens (tertiary/aromatic N) is 1. The van der Waals surface area contributed by atoms with E-state index in [1.807, 2.05) is 6.92 Å². The average molecular weight is 248 g/mol. The van der Waals surface area contributed by atoms with Gasteiger partial charge in [-0.05, 0) is 25.0 Å². The highest BCUT2D eigenvalue weighted by molar-refractivity contribution is 5.37. The Balaban J connectivity index is 2.11. The first-order valence-electron chi connectivity index (χ1n) is 7.01. The van der Waals surface area contributed by atoms with E-state index in [9.17, 15) is 0 Å². The number of ether oxygens (including phenoxy) is 1. The molecule has 100 valence electrons. The monoisotopic (exact) mass is 248 g/mol. The summed E-state index contributed by atoms with van der Waals surface area (Å²) >= 11 is 0. The van der Waals surface area contributed by atoms with E-state index in [0.29, 0.717) is 0 Å². The first kappa shape index (κ1) is 13.4. The Morgan fingerprint density at radius 2 is 2.00 bits per heavy atom. The third-order valence-electron chi connectivity index (χ3n) is 3.44. The molecule has 0 aliphatic carbocycles. The van der Waals surface area contributed by atoms with Gasteiger partial charge in [0.2, 0.25) is 0 Å². The summed E-state index contributed by atoms with van der Waals surface area (Å²) in [6.45, 7) is 10.4. The molecule has 0 amide bonds. The Labute approximate surface area is 110 Å². The third-order valence-corrected chi connectivity index (χ3v) is 3.44. The summed E-state index contributed by atoms with van der Waals surface area (Å²) in [5.41, 5.74) is 2.72. The van der Waals surface area contributed by atoms with Crippen molar-refractivity contribution in [3.8, 4) is 5.75 Å². The molecule has 0 radical (unpaired) electrons. The van der Waals surface area contributed by atoms with Crippen molar-refractivity contribution in [3.63, 3.8) is 0 Å². The van der Waals surface area contributed by atoms with Crippen molar-refractivity contribution in [2.45, 2.75) is 26.8 Å². The van der Waals surface area contributed by atoms with Crippen LogP contribution in [0.5, 0.6) is 5.75 Å². The first-order valence-corrected chi connectivity index (χ1v) is 7.01. The van der Waals surface area contributed by atoms with Crippen molar-refractivity contribution in [2.24, 2.45) is 0 Å². The van der Waals surface area contributed by atoms with Gasteiger partial charge in [0, 0.05) is 38.3 Å². The largest absolute Gasteiger partial charge is 0.494 e. The van der Waals surface area contributed by atoms with E-state index in [0.717, 1.165) is 51.5 Å². The molecule has 1 fully saturated rings. The van der Waals surface area contributed by atoms with Crippen molar-refractivity contribution < 1.29 is 4.74 Å². The lowest BCUT2D eigenvalue weighted by Gasteiger charge is -2.28. The van der Waals surface area contributed by atoms with Crippen LogP contribution in [0.25, 0.3) is 0 Å². The van der Waals surface area contributed by atoms with E-state index in [1.165, 1.54) is 11.1 Å². The van der Waals surface area contributed by atoms with Crippen molar-refractivity contribution in [1.29, 1.82) is 0 Å². The van der Waals surface area contributed by atoms with E-state index in [4.69, 9.17) is 4.74 Å². The molecular formula is C15H24N2O. The molecule has 1 saturated heterocycles. The maximum Gasteiger partial charge on any atom is 0.123 e.